The summed E-state index contributed by atoms with van der Waals surface area (Å²) >= 11 is 5.05. The normalized spacial score (nSPS) is 48.7. The van der Waals surface area contributed by atoms with E-state index in [1.54, 1.807) is 0 Å². The van der Waals surface area contributed by atoms with E-state index in [4.69, 9.17) is 11.8 Å². The second-order valence-electron chi connectivity index (χ2n) is 3.35. The zero-order chi connectivity index (χ0) is 6.27. The van der Waals surface area contributed by atoms with Gasteiger partial charge in [-0.25, -0.2) is 0 Å². The molecule has 0 aromatic heterocycles. The Labute approximate surface area is 62.9 Å². The van der Waals surface area contributed by atoms with Crippen molar-refractivity contribution in [3.8, 4) is 0 Å². The fourth-order valence-electron chi connectivity index (χ4n) is 2.34. The molecule has 2 aliphatic carbocycles. The van der Waals surface area contributed by atoms with Gasteiger partial charge >= 0.3 is 0 Å². The van der Waals surface area contributed by atoms with E-state index in [9.17, 15) is 0 Å². The Morgan fingerprint density at radius 2 is 2.11 bits per heavy atom. The molecular formula is C7H11PS. The molecule has 2 fully saturated rings. The Balaban J connectivity index is 2.09. The van der Waals surface area contributed by atoms with Crippen molar-refractivity contribution >= 4 is 19.2 Å². The highest BCUT2D eigenvalue weighted by atomic mass is 32.4. The molecule has 0 saturated heterocycles. The maximum Gasteiger partial charge on any atom is 0.0144 e. The minimum Gasteiger partial charge on any atom is -0.0575 e. The largest absolute Gasteiger partial charge is 0.0575 e. The van der Waals surface area contributed by atoms with Gasteiger partial charge in [-0.15, -0.1) is 0 Å². The first-order valence-corrected chi connectivity index (χ1v) is 5.70. The highest BCUT2D eigenvalue weighted by Crippen LogP contribution is 2.48. The van der Waals surface area contributed by atoms with E-state index in [2.05, 4.69) is 0 Å². The van der Waals surface area contributed by atoms with Crippen LogP contribution in [0.5, 0.6) is 0 Å². The number of fused-ring (bicyclic) bond motifs is 2. The third-order valence-electron chi connectivity index (χ3n) is 2.84. The molecule has 0 N–H and O–H groups in total. The van der Waals surface area contributed by atoms with Crippen molar-refractivity contribution in [3.63, 3.8) is 0 Å². The van der Waals surface area contributed by atoms with Crippen molar-refractivity contribution in [2.75, 3.05) is 0 Å². The molecule has 2 bridgehead atoms. The molecule has 0 nitrogen and oxygen atoms in total. The summed E-state index contributed by atoms with van der Waals surface area (Å²) in [6, 6.07) is 0. The lowest BCUT2D eigenvalue weighted by molar-refractivity contribution is 0.491. The third-order valence-corrected chi connectivity index (χ3v) is 4.55. The van der Waals surface area contributed by atoms with Crippen molar-refractivity contribution < 1.29 is 0 Å². The van der Waals surface area contributed by atoms with Gasteiger partial charge in [-0.2, -0.15) is 0 Å². The zero-order valence-electron chi connectivity index (χ0n) is 5.42. The van der Waals surface area contributed by atoms with E-state index < -0.39 is 0 Å². The van der Waals surface area contributed by atoms with Crippen LogP contribution in [0.2, 0.25) is 0 Å². The lowest BCUT2D eigenvalue weighted by Crippen LogP contribution is -2.08. The van der Waals surface area contributed by atoms with Gasteiger partial charge in [0.1, 0.15) is 0 Å². The highest BCUT2D eigenvalue weighted by Gasteiger charge is 2.38. The lowest BCUT2D eigenvalue weighted by atomic mass is 10.0. The predicted octanol–water partition coefficient (Wildman–Crippen LogP) is 2.58. The standard InChI is InChI=1S/C7H11PS/c9-8-7-4-5-1-2-6(7)3-5/h5-7H,1-4H2. The van der Waals surface area contributed by atoms with Crippen LogP contribution in [-0.2, 0) is 11.8 Å². The maximum absolute atomic E-state index is 5.05. The van der Waals surface area contributed by atoms with Crippen molar-refractivity contribution in [2.24, 2.45) is 11.8 Å². The van der Waals surface area contributed by atoms with Gasteiger partial charge in [-0.3, -0.25) is 0 Å². The third kappa shape index (κ3) is 0.951. The number of hydrogen-bond acceptors (Lipinski definition) is 1. The molecule has 50 valence electrons. The molecule has 0 aromatic carbocycles. The van der Waals surface area contributed by atoms with Crippen LogP contribution in [0, 0.1) is 11.8 Å². The van der Waals surface area contributed by atoms with Gasteiger partial charge in [0.05, 0.1) is 0 Å². The van der Waals surface area contributed by atoms with Crippen LogP contribution in [0.1, 0.15) is 25.7 Å². The SMILES string of the molecule is S=PC1CC2CCC1C2. The molecule has 0 amide bonds. The number of hydrogen-bond donors (Lipinski definition) is 0. The number of rotatable bonds is 1. The van der Waals surface area contributed by atoms with Gasteiger partial charge in [0, 0.05) is 5.66 Å². The van der Waals surface area contributed by atoms with Crippen LogP contribution in [0.15, 0.2) is 0 Å². The van der Waals surface area contributed by atoms with Crippen molar-refractivity contribution in [2.45, 2.75) is 31.3 Å². The summed E-state index contributed by atoms with van der Waals surface area (Å²) in [7, 11) is 1.25. The summed E-state index contributed by atoms with van der Waals surface area (Å²) in [4.78, 5) is 0. The van der Waals surface area contributed by atoms with Gasteiger partial charge in [0.25, 0.3) is 0 Å². The van der Waals surface area contributed by atoms with Crippen molar-refractivity contribution in [1.29, 1.82) is 0 Å². The zero-order valence-corrected chi connectivity index (χ0v) is 7.13. The lowest BCUT2D eigenvalue weighted by Gasteiger charge is -2.14. The molecule has 2 aliphatic rings. The maximum atomic E-state index is 5.05. The van der Waals surface area contributed by atoms with E-state index >= 15 is 0 Å². The van der Waals surface area contributed by atoms with Crippen LogP contribution < -0.4 is 0 Å². The minimum atomic E-state index is 0.916. The molecule has 3 atom stereocenters. The fourth-order valence-corrected chi connectivity index (χ4v) is 3.94. The van der Waals surface area contributed by atoms with Gasteiger partial charge in [0.15, 0.2) is 0 Å². The molecule has 0 aromatic rings. The quantitative estimate of drug-likeness (QED) is 0.528. The Kier molecular flexibility index (Phi) is 1.59. The van der Waals surface area contributed by atoms with Crippen LogP contribution in [-0.4, -0.2) is 5.66 Å². The molecule has 9 heavy (non-hydrogen) atoms. The van der Waals surface area contributed by atoms with Crippen LogP contribution in [0.4, 0.5) is 0 Å². The van der Waals surface area contributed by atoms with Crippen LogP contribution in [0.3, 0.4) is 0 Å². The molecular weight excluding hydrogens is 147 g/mol. The molecule has 3 unspecified atom stereocenters. The van der Waals surface area contributed by atoms with E-state index in [-0.39, 0.29) is 0 Å². The summed E-state index contributed by atoms with van der Waals surface area (Å²) in [5.74, 6) is 2.12. The Hall–Kier alpha value is 0.520. The summed E-state index contributed by atoms with van der Waals surface area (Å²) in [6.07, 6.45) is 5.95. The second kappa shape index (κ2) is 2.29. The first-order chi connectivity index (χ1) is 4.40. The molecule has 0 spiro atoms. The smallest absolute Gasteiger partial charge is 0.0144 e. The Morgan fingerprint density at radius 3 is 2.44 bits per heavy atom. The Bertz CT molecular complexity index is 135. The molecule has 0 aliphatic heterocycles. The van der Waals surface area contributed by atoms with E-state index in [1.165, 1.54) is 33.0 Å². The topological polar surface area (TPSA) is 0 Å². The molecule has 2 heteroatoms. The molecule has 0 heterocycles. The van der Waals surface area contributed by atoms with Crippen LogP contribution in [0.25, 0.3) is 0 Å². The van der Waals surface area contributed by atoms with Gasteiger partial charge in [-0.1, -0.05) is 18.2 Å². The fraction of sp³-hybridized carbons (Fsp3) is 1.00. The Morgan fingerprint density at radius 1 is 1.22 bits per heavy atom. The second-order valence-corrected chi connectivity index (χ2v) is 4.85. The van der Waals surface area contributed by atoms with E-state index in [0.717, 1.165) is 17.5 Å². The molecule has 0 radical (unpaired) electrons. The van der Waals surface area contributed by atoms with Gasteiger partial charge in [-0.05, 0) is 38.5 Å². The van der Waals surface area contributed by atoms with Crippen LogP contribution >= 0.6 is 7.36 Å². The summed E-state index contributed by atoms with van der Waals surface area (Å²) in [5.41, 5.74) is 0.916. The van der Waals surface area contributed by atoms with E-state index in [1.807, 2.05) is 0 Å². The average molecular weight is 158 g/mol. The highest BCUT2D eigenvalue weighted by molar-refractivity contribution is 7.96. The predicted molar refractivity (Wildman–Crippen MR) is 43.5 cm³/mol. The first-order valence-electron chi connectivity index (χ1n) is 3.72. The minimum absolute atomic E-state index is 0.916. The average Bonchev–Trinajstić information content (AvgIpc) is 2.45. The van der Waals surface area contributed by atoms with Crippen molar-refractivity contribution in [3.05, 3.63) is 0 Å². The first kappa shape index (κ1) is 6.24. The van der Waals surface area contributed by atoms with Crippen molar-refractivity contribution in [1.82, 2.24) is 0 Å². The molecule has 2 saturated carbocycles. The monoisotopic (exact) mass is 158 g/mol. The van der Waals surface area contributed by atoms with E-state index in [0.29, 0.717) is 0 Å². The summed E-state index contributed by atoms with van der Waals surface area (Å²) in [5, 5.41) is 0. The molecule has 2 rings (SSSR count). The van der Waals surface area contributed by atoms with Gasteiger partial charge in [0.2, 0.25) is 0 Å². The summed E-state index contributed by atoms with van der Waals surface area (Å²) < 4.78 is 0. The van der Waals surface area contributed by atoms with Gasteiger partial charge < -0.3 is 0 Å². The summed E-state index contributed by atoms with van der Waals surface area (Å²) in [6.45, 7) is 0.